The maximum absolute atomic E-state index is 14.3. The lowest BCUT2D eigenvalue weighted by molar-refractivity contribution is -0.142. The van der Waals surface area contributed by atoms with Crippen molar-refractivity contribution < 1.29 is 136 Å². The van der Waals surface area contributed by atoms with Gasteiger partial charge in [-0.15, -0.1) is 0 Å². The fourth-order valence-corrected chi connectivity index (χ4v) is 14.1. The Morgan fingerprint density at radius 1 is 0.445 bits per heavy atom. The number of nitrogens with zero attached hydrogens (tertiary/aromatic N) is 2. The van der Waals surface area contributed by atoms with E-state index in [4.69, 9.17) is 32.1 Å². The van der Waals surface area contributed by atoms with E-state index in [2.05, 4.69) is 105 Å². The number of esters is 1. The van der Waals surface area contributed by atoms with Crippen LogP contribution in [0.5, 0.6) is 23.0 Å². The van der Waals surface area contributed by atoms with Gasteiger partial charge in [-0.2, -0.15) is 0 Å². The first-order chi connectivity index (χ1) is 64.6. The van der Waals surface area contributed by atoms with E-state index in [0.717, 1.165) is 13.8 Å². The number of carboxylic acids is 3. The van der Waals surface area contributed by atoms with E-state index in [1.807, 2.05) is 0 Å². The summed E-state index contributed by atoms with van der Waals surface area (Å²) in [6.45, 7) is 9.25. The van der Waals surface area contributed by atoms with Crippen molar-refractivity contribution in [1.29, 1.82) is 5.41 Å². The number of hydrogen-bond acceptors (Lipinski definition) is 28. The van der Waals surface area contributed by atoms with Gasteiger partial charge in [0, 0.05) is 85.4 Å². The summed E-state index contributed by atoms with van der Waals surface area (Å²) in [6.07, 6.45) is -0.0596. The Labute approximate surface area is 780 Å². The number of ether oxygens (including phenoxy) is 2. The second kappa shape index (κ2) is 49.9. The zero-order valence-electron chi connectivity index (χ0n) is 75.5. The SMILES string of the molecule is CC[C@H](C)[C@H](NC(=O)[C@H](CCC(=O)O)NC(=O)[C@H](C)NC(=O)[C@H](Cc1c[nH]cn1)NC(=O)[C@H](C)NC(=O)CNC(=O)[C@H](Cc1c[nH]cn1)NC(=O)[C@@H](NC(=O)[C@H](C)NC(=O)[C@H](CCC(N)=O)NC(=O)c1ccc2c(c1)C1(OC2=O)c2ccc(O)cc2Oc2cc(O)ccc21)C(C)C)C(=O)N[C@@H](CC(N)=O)C(=O)N[C@@H](CCC(=O)O)C(=O)N[C@@H](C)C(=O)NCC(=O)N[C@@H](CCCNC(=N)N)C(=O)O. The van der Waals surface area contributed by atoms with Crippen LogP contribution in [0.1, 0.15) is 168 Å². The predicted octanol–water partition coefficient (Wildman–Crippen LogP) is -6.25. The highest BCUT2D eigenvalue weighted by Gasteiger charge is 2.54. The normalized spacial score (nSPS) is 15.0. The van der Waals surface area contributed by atoms with Crippen LogP contribution in [-0.2, 0) is 114 Å². The summed E-state index contributed by atoms with van der Waals surface area (Å²) in [5, 5.41) is 94.8. The maximum Gasteiger partial charge on any atom is 0.340 e. The number of aromatic hydroxyl groups is 2. The number of H-pyrrole nitrogens is 2. The highest BCUT2D eigenvalue weighted by Crippen LogP contribution is 2.57. The van der Waals surface area contributed by atoms with Gasteiger partial charge in [-0.25, -0.2) is 19.6 Å². The third kappa shape index (κ3) is 31.4. The van der Waals surface area contributed by atoms with Crippen LogP contribution in [0.3, 0.4) is 0 Å². The van der Waals surface area contributed by atoms with Gasteiger partial charge in [0.25, 0.3) is 5.91 Å². The van der Waals surface area contributed by atoms with E-state index in [-0.39, 0.29) is 107 Å². The second-order valence-corrected chi connectivity index (χ2v) is 32.7. The van der Waals surface area contributed by atoms with Gasteiger partial charge >= 0.3 is 23.9 Å². The number of benzene rings is 3. The average molecular weight is 1920 g/mol. The fraction of sp³-hybridized carbons (Fsp3) is 0.459. The Bertz CT molecular complexity index is 5310. The molecule has 3 aromatic carbocycles. The number of rotatable bonds is 53. The molecule has 52 heteroatoms. The summed E-state index contributed by atoms with van der Waals surface area (Å²) in [6, 6.07) is -9.05. The van der Waals surface area contributed by atoms with Gasteiger partial charge in [-0.3, -0.25) is 96.5 Å². The third-order valence-electron chi connectivity index (χ3n) is 21.7. The molecule has 1 spiro atoms. The van der Waals surface area contributed by atoms with Crippen molar-refractivity contribution >= 4 is 130 Å². The number of nitrogens with one attached hydrogen (secondary N) is 19. The van der Waals surface area contributed by atoms with E-state index in [1.165, 1.54) is 114 Å². The summed E-state index contributed by atoms with van der Waals surface area (Å²) >= 11 is 0. The molecule has 0 bridgehead atoms. The van der Waals surface area contributed by atoms with Crippen LogP contribution >= 0.6 is 0 Å². The van der Waals surface area contributed by atoms with Crippen LogP contribution in [0, 0.1) is 17.2 Å². The van der Waals surface area contributed by atoms with Crippen LogP contribution in [0.25, 0.3) is 0 Å². The van der Waals surface area contributed by atoms with Crippen LogP contribution in [-0.4, -0.2) is 274 Å². The van der Waals surface area contributed by atoms with Gasteiger partial charge in [-0.1, -0.05) is 34.1 Å². The summed E-state index contributed by atoms with van der Waals surface area (Å²) in [5.74, 6) is -25.5. The number of aliphatic carboxylic acids is 3. The molecule has 52 nitrogen and oxygen atoms in total. The van der Waals surface area contributed by atoms with Crippen molar-refractivity contribution in [2.75, 3.05) is 19.6 Å². The Balaban J connectivity index is 0.945. The molecule has 7 rings (SSSR count). The number of guanidine groups is 1. The largest absolute Gasteiger partial charge is 0.508 e. The number of fused-ring (bicyclic) bond motifs is 6. The lowest BCUT2D eigenvalue weighted by Gasteiger charge is -2.36. The summed E-state index contributed by atoms with van der Waals surface area (Å²) in [7, 11) is 0. The summed E-state index contributed by atoms with van der Waals surface area (Å²) < 4.78 is 12.1. The van der Waals surface area contributed by atoms with Gasteiger partial charge in [-0.05, 0) is 114 Å². The van der Waals surface area contributed by atoms with Crippen molar-refractivity contribution in [2.45, 2.75) is 217 Å². The minimum Gasteiger partial charge on any atom is -0.508 e. The zero-order valence-corrected chi connectivity index (χ0v) is 75.5. The summed E-state index contributed by atoms with van der Waals surface area (Å²) in [4.78, 5) is 296. The van der Waals surface area contributed by atoms with Crippen LogP contribution in [0.15, 0.2) is 79.6 Å². The molecule has 0 unspecified atom stereocenters. The molecule has 14 atom stereocenters. The van der Waals surface area contributed by atoms with Crippen molar-refractivity contribution in [3.8, 4) is 23.0 Å². The predicted molar refractivity (Wildman–Crippen MR) is 473 cm³/mol. The molecule has 137 heavy (non-hydrogen) atoms. The monoisotopic (exact) mass is 1920 g/mol. The van der Waals surface area contributed by atoms with Crippen LogP contribution < -0.4 is 107 Å². The number of carboxylic acid groups (broad SMARTS) is 3. The topological polar surface area (TPSA) is 830 Å². The number of nitrogens with two attached hydrogens (primary N) is 3. The number of aromatic amines is 2. The van der Waals surface area contributed by atoms with Crippen molar-refractivity contribution in [1.82, 2.24) is 105 Å². The minimum absolute atomic E-state index is 0.0288. The van der Waals surface area contributed by atoms with Gasteiger partial charge < -0.3 is 147 Å². The number of aromatic nitrogens is 4. The Morgan fingerprint density at radius 3 is 1.38 bits per heavy atom. The van der Waals surface area contributed by atoms with Crippen LogP contribution in [0.2, 0.25) is 0 Å². The Kier molecular flexibility index (Phi) is 39.2. The van der Waals surface area contributed by atoms with Gasteiger partial charge in [0.05, 0.1) is 49.1 Å². The zero-order chi connectivity index (χ0) is 102. The summed E-state index contributed by atoms with van der Waals surface area (Å²) in [5.41, 5.74) is 15.3. The molecule has 17 amide bonds. The lowest BCUT2D eigenvalue weighted by atomic mass is 9.77. The quantitative estimate of drug-likeness (QED) is 0.00745. The highest BCUT2D eigenvalue weighted by molar-refractivity contribution is 6.04. The van der Waals surface area contributed by atoms with E-state index in [0.29, 0.717) is 0 Å². The Hall–Kier alpha value is -16.4. The molecule has 4 heterocycles. The number of hydrogen-bond donors (Lipinski definition) is 27. The number of amides is 17. The van der Waals surface area contributed by atoms with E-state index in [9.17, 15) is 126 Å². The number of carbonyl (C=O) groups is 21. The molecule has 0 aliphatic carbocycles. The van der Waals surface area contributed by atoms with Crippen molar-refractivity contribution in [2.24, 2.45) is 29.0 Å². The van der Waals surface area contributed by atoms with Gasteiger partial charge in [0.2, 0.25) is 94.5 Å². The molecule has 0 saturated heterocycles. The maximum atomic E-state index is 14.3. The molecular weight excluding hydrogens is 1810 g/mol. The van der Waals surface area contributed by atoms with Gasteiger partial charge in [0.15, 0.2) is 11.6 Å². The van der Waals surface area contributed by atoms with E-state index < -0.39 is 278 Å². The molecule has 2 aromatic heterocycles. The van der Waals surface area contributed by atoms with E-state index in [1.54, 1.807) is 6.92 Å². The lowest BCUT2D eigenvalue weighted by Crippen LogP contribution is -2.61. The molecule has 30 N–H and O–H groups in total. The number of imidazole rings is 2. The highest BCUT2D eigenvalue weighted by atomic mass is 16.6. The average Bonchev–Trinajstić information content (AvgIpc) is 1.56. The molecule has 0 radical (unpaired) electrons. The van der Waals surface area contributed by atoms with Crippen molar-refractivity contribution in [3.05, 3.63) is 119 Å². The molecule has 5 aromatic rings. The fourth-order valence-electron chi connectivity index (χ4n) is 14.1. The second-order valence-electron chi connectivity index (χ2n) is 32.7. The molecule has 0 fully saturated rings. The number of phenolic OH excluding ortho intramolecular Hbond substituents is 2. The molecule has 2 aliphatic heterocycles. The minimum atomic E-state index is -1.99. The standard InChI is InChI=1S/C85H112N24O28/c1-9-38(4)68(81(132)107-58(30-62(87)113)79(130)104-53(19-22-65(116)117)76(127)98-39(5)69(120)93-34-64(115)101-55(82(133)134)11-10-24-92-84(88)89)109-77(128)54(20-23-66(118)119)102-71(122)41(7)100-78(129)57(27-45-32-91-36-96-45)105-70(121)40(6)97-63(114)33-94-74(125)56(26-44-31-90-35-95-44)106-80(131)67(37(2)3)108-72(123)42(8)99-75(126)52(18-21-61(86)112)103-73(124)43-12-15-48-51(25-43)85(137-83(48)135)49-16-13-46(110)28-59(49)136-60-29-47(111)14-17-50(60)85/h12-17,25,28-29,31-32,35-42,52-58,67-68,110-111H,9-11,18-24,26-27,30,33-34H2,1-8H3,(H2,86,112)(H2,87,113)(H,90,95)(H,91,96)(H,93,120)(H,94,125)(H,97,114)(H,98,127)(H,99,126)(H,100,129)(H,101,115)(H,102,122)(H,103,124)(H,104,130)(H,105,121)(H,106,131)(H,107,132)(H,108,123)(H,109,128)(H,116,117)(H,118,119)(H,133,134)(H4,88,89,92)/t38-,39-,40-,41-,42-,52-,53-,54-,55-,56-,57-,58-,67-,68-/m0/s1. The molecule has 2 aliphatic rings. The Morgan fingerprint density at radius 2 is 0.883 bits per heavy atom. The molecular formula is C85H112N24O28. The van der Waals surface area contributed by atoms with E-state index >= 15 is 0 Å². The third-order valence-corrected chi connectivity index (χ3v) is 21.7. The van der Waals surface area contributed by atoms with Crippen molar-refractivity contribution in [3.63, 3.8) is 0 Å². The smallest absolute Gasteiger partial charge is 0.340 e. The van der Waals surface area contributed by atoms with Crippen LogP contribution in [0.4, 0.5) is 0 Å². The number of primary amides is 2. The first-order valence-electron chi connectivity index (χ1n) is 43.1. The number of carbonyl (C=O) groups excluding carboxylic acids is 18. The first-order valence-corrected chi connectivity index (χ1v) is 43.1. The van der Waals surface area contributed by atoms with Gasteiger partial charge in [0.1, 0.15) is 102 Å². The number of phenols is 2. The first kappa shape index (κ1) is 108. The molecule has 0 saturated carbocycles. The molecule has 740 valence electrons.